The predicted octanol–water partition coefficient (Wildman–Crippen LogP) is 5.74. The SMILES string of the molecule is CCCCCCCCCCOC(=O)C(CCSC)NC(=O)C(F)(F)C(F)(F)C(F)(F)F. The minimum Gasteiger partial charge on any atom is -0.464 e. The lowest BCUT2D eigenvalue weighted by Gasteiger charge is -2.28. The van der Waals surface area contributed by atoms with E-state index in [0.717, 1.165) is 56.7 Å². The Bertz CT molecular complexity index is 545. The number of amides is 1. The van der Waals surface area contributed by atoms with Crippen LogP contribution in [0.3, 0.4) is 0 Å². The van der Waals surface area contributed by atoms with E-state index in [1.165, 1.54) is 5.32 Å². The molecule has 0 fully saturated rings. The zero-order valence-electron chi connectivity index (χ0n) is 17.6. The number of thioether (sulfide) groups is 1. The number of hydrogen-bond donors (Lipinski definition) is 1. The number of nitrogens with one attached hydrogen (secondary N) is 1. The Morgan fingerprint density at radius 2 is 1.42 bits per heavy atom. The van der Waals surface area contributed by atoms with Gasteiger partial charge in [0.05, 0.1) is 6.61 Å². The van der Waals surface area contributed by atoms with Gasteiger partial charge in [-0.05, 0) is 24.9 Å². The number of halogens is 7. The van der Waals surface area contributed by atoms with E-state index in [-0.39, 0.29) is 18.8 Å². The largest absolute Gasteiger partial charge is 0.464 e. The Kier molecular flexibility index (Phi) is 13.5. The smallest absolute Gasteiger partial charge is 0.460 e. The lowest BCUT2D eigenvalue weighted by Crippen LogP contribution is -2.61. The van der Waals surface area contributed by atoms with Crippen molar-refractivity contribution in [1.82, 2.24) is 5.32 Å². The van der Waals surface area contributed by atoms with Gasteiger partial charge >= 0.3 is 24.0 Å². The zero-order chi connectivity index (χ0) is 24.1. The molecule has 31 heavy (non-hydrogen) atoms. The topological polar surface area (TPSA) is 55.4 Å². The van der Waals surface area contributed by atoms with Crippen LogP contribution in [-0.4, -0.2) is 54.6 Å². The van der Waals surface area contributed by atoms with Gasteiger partial charge in [0.25, 0.3) is 5.91 Å². The third-order valence-corrected chi connectivity index (χ3v) is 5.12. The standard InChI is InChI=1S/C19H30F7NO3S/c1-3-4-5-6-7-8-9-10-12-30-15(28)14(11-13-31-2)27-16(29)17(20,21)18(22,23)19(24,25)26/h14H,3-13H2,1-2H3,(H,27,29). The molecule has 0 aromatic heterocycles. The molecule has 12 heteroatoms. The molecule has 184 valence electrons. The number of ether oxygens (including phenoxy) is 1. The lowest BCUT2D eigenvalue weighted by molar-refractivity contribution is -0.344. The normalized spacial score (nSPS) is 13.7. The van der Waals surface area contributed by atoms with Crippen LogP contribution in [0, 0.1) is 0 Å². The van der Waals surface area contributed by atoms with Crippen molar-refractivity contribution >= 4 is 23.6 Å². The third kappa shape index (κ3) is 9.86. The van der Waals surface area contributed by atoms with Gasteiger partial charge in [-0.25, -0.2) is 4.79 Å². The van der Waals surface area contributed by atoms with Crippen molar-refractivity contribution in [3.63, 3.8) is 0 Å². The van der Waals surface area contributed by atoms with Crippen molar-refractivity contribution < 1.29 is 45.1 Å². The number of alkyl halides is 7. The van der Waals surface area contributed by atoms with Crippen molar-refractivity contribution in [3.8, 4) is 0 Å². The molecule has 0 rings (SSSR count). The Labute approximate surface area is 182 Å². The summed E-state index contributed by atoms with van der Waals surface area (Å²) in [5.74, 6) is -16.6. The molecule has 0 heterocycles. The summed E-state index contributed by atoms with van der Waals surface area (Å²) in [6, 6.07) is -1.76. The highest BCUT2D eigenvalue weighted by atomic mass is 32.2. The molecule has 4 nitrogen and oxygen atoms in total. The lowest BCUT2D eigenvalue weighted by atomic mass is 10.1. The average molecular weight is 486 g/mol. The molecule has 0 aliphatic heterocycles. The van der Waals surface area contributed by atoms with Crippen molar-refractivity contribution in [2.24, 2.45) is 0 Å². The molecule has 0 bridgehead atoms. The first kappa shape index (κ1) is 29.8. The summed E-state index contributed by atoms with van der Waals surface area (Å²) in [6.07, 6.45) is 2.36. The molecule has 1 unspecified atom stereocenters. The van der Waals surface area contributed by atoms with Gasteiger partial charge in [-0.15, -0.1) is 0 Å². The first-order valence-corrected chi connectivity index (χ1v) is 11.5. The van der Waals surface area contributed by atoms with Gasteiger partial charge in [-0.1, -0.05) is 51.9 Å². The van der Waals surface area contributed by atoms with Crippen LogP contribution >= 0.6 is 11.8 Å². The third-order valence-electron chi connectivity index (χ3n) is 4.48. The highest BCUT2D eigenvalue weighted by Crippen LogP contribution is 2.46. The van der Waals surface area contributed by atoms with E-state index in [2.05, 4.69) is 6.92 Å². The summed E-state index contributed by atoms with van der Waals surface area (Å²) in [4.78, 5) is 23.6. The Morgan fingerprint density at radius 3 is 1.90 bits per heavy atom. The molecule has 0 aromatic rings. The molecule has 0 spiro atoms. The molecule has 1 atom stereocenters. The van der Waals surface area contributed by atoms with Gasteiger partial charge in [-0.2, -0.15) is 42.5 Å². The average Bonchev–Trinajstić information content (AvgIpc) is 2.68. The van der Waals surface area contributed by atoms with Gasteiger partial charge < -0.3 is 10.1 Å². The first-order valence-electron chi connectivity index (χ1n) is 10.1. The van der Waals surface area contributed by atoms with Crippen LogP contribution in [0.1, 0.15) is 64.7 Å². The molecule has 0 saturated heterocycles. The summed E-state index contributed by atoms with van der Waals surface area (Å²) >= 11 is 1.16. The van der Waals surface area contributed by atoms with E-state index in [1.807, 2.05) is 0 Å². The van der Waals surface area contributed by atoms with Crippen LogP contribution in [0.2, 0.25) is 0 Å². The van der Waals surface area contributed by atoms with E-state index < -0.39 is 35.9 Å². The van der Waals surface area contributed by atoms with Crippen LogP contribution in [-0.2, 0) is 14.3 Å². The van der Waals surface area contributed by atoms with Crippen LogP contribution in [0.25, 0.3) is 0 Å². The summed E-state index contributed by atoms with van der Waals surface area (Å²) in [5, 5.41) is 1.29. The Morgan fingerprint density at radius 1 is 0.903 bits per heavy atom. The minimum absolute atomic E-state index is 0.0749. The number of rotatable bonds is 16. The molecule has 0 aromatic carbocycles. The zero-order valence-corrected chi connectivity index (χ0v) is 18.5. The summed E-state index contributed by atoms with van der Waals surface area (Å²) in [5.41, 5.74) is 0. The molecule has 0 radical (unpaired) electrons. The molecular formula is C19H30F7NO3S. The van der Waals surface area contributed by atoms with E-state index in [0.29, 0.717) is 6.42 Å². The van der Waals surface area contributed by atoms with E-state index in [1.54, 1.807) is 6.26 Å². The highest BCUT2D eigenvalue weighted by Gasteiger charge is 2.76. The second-order valence-electron chi connectivity index (χ2n) is 7.10. The van der Waals surface area contributed by atoms with Gasteiger partial charge in [0.1, 0.15) is 6.04 Å². The number of hydrogen-bond acceptors (Lipinski definition) is 4. The summed E-state index contributed by atoms with van der Waals surface area (Å²) in [6.45, 7) is 2.03. The minimum atomic E-state index is -6.64. The monoisotopic (exact) mass is 485 g/mol. The molecule has 1 N–H and O–H groups in total. The second kappa shape index (κ2) is 14.1. The maximum absolute atomic E-state index is 13.5. The summed E-state index contributed by atoms with van der Waals surface area (Å²) in [7, 11) is 0. The van der Waals surface area contributed by atoms with Crippen LogP contribution in [0.4, 0.5) is 30.7 Å². The van der Waals surface area contributed by atoms with Gasteiger partial charge in [0, 0.05) is 0 Å². The number of carbonyl (C=O) groups is 2. The van der Waals surface area contributed by atoms with Crippen LogP contribution in [0.15, 0.2) is 0 Å². The fourth-order valence-corrected chi connectivity index (χ4v) is 3.03. The highest BCUT2D eigenvalue weighted by molar-refractivity contribution is 7.98. The quantitative estimate of drug-likeness (QED) is 0.172. The molecule has 0 saturated carbocycles. The number of carbonyl (C=O) groups excluding carboxylic acids is 2. The van der Waals surface area contributed by atoms with Crippen molar-refractivity contribution in [2.75, 3.05) is 18.6 Å². The van der Waals surface area contributed by atoms with Gasteiger partial charge in [0.2, 0.25) is 0 Å². The number of unbranched alkanes of at least 4 members (excludes halogenated alkanes) is 7. The van der Waals surface area contributed by atoms with E-state index >= 15 is 0 Å². The van der Waals surface area contributed by atoms with Gasteiger partial charge in [-0.3, -0.25) is 4.79 Å². The van der Waals surface area contributed by atoms with Crippen LogP contribution < -0.4 is 5.32 Å². The predicted molar refractivity (Wildman–Crippen MR) is 104 cm³/mol. The van der Waals surface area contributed by atoms with Crippen molar-refractivity contribution in [3.05, 3.63) is 0 Å². The Balaban J connectivity index is 4.71. The first-order chi connectivity index (χ1) is 14.3. The maximum Gasteiger partial charge on any atom is 0.460 e. The van der Waals surface area contributed by atoms with Crippen molar-refractivity contribution in [1.29, 1.82) is 0 Å². The molecule has 0 aliphatic carbocycles. The molecular weight excluding hydrogens is 455 g/mol. The van der Waals surface area contributed by atoms with Crippen molar-refractivity contribution in [2.45, 2.75) is 88.8 Å². The van der Waals surface area contributed by atoms with E-state index in [4.69, 9.17) is 4.74 Å². The van der Waals surface area contributed by atoms with E-state index in [9.17, 15) is 40.3 Å². The Hall–Kier alpha value is -1.20. The second-order valence-corrected chi connectivity index (χ2v) is 8.08. The molecule has 0 aliphatic rings. The molecule has 1 amide bonds. The summed E-state index contributed by atoms with van der Waals surface area (Å²) < 4.78 is 94.7. The van der Waals surface area contributed by atoms with Gasteiger partial charge in [0.15, 0.2) is 0 Å². The fourth-order valence-electron chi connectivity index (χ4n) is 2.56. The number of esters is 1. The fraction of sp³-hybridized carbons (Fsp3) is 0.895. The van der Waals surface area contributed by atoms with Crippen LogP contribution in [0.5, 0.6) is 0 Å². The maximum atomic E-state index is 13.5.